The first-order valence-corrected chi connectivity index (χ1v) is 7.87. The highest BCUT2D eigenvalue weighted by molar-refractivity contribution is 7.89. The minimum absolute atomic E-state index is 0.205. The first-order chi connectivity index (χ1) is 9.42. The summed E-state index contributed by atoms with van der Waals surface area (Å²) >= 11 is 0. The van der Waals surface area contributed by atoms with Gasteiger partial charge in [-0.3, -0.25) is 0 Å². The fourth-order valence-corrected chi connectivity index (χ4v) is 3.16. The molecule has 1 heterocycles. The number of benzene rings is 1. The molecule has 0 radical (unpaired) electrons. The number of hydrogen-bond donors (Lipinski definition) is 3. The van der Waals surface area contributed by atoms with Crippen LogP contribution in [-0.4, -0.2) is 13.4 Å². The first kappa shape index (κ1) is 14.8. The molecule has 108 valence electrons. The van der Waals surface area contributed by atoms with Crippen LogP contribution in [0.25, 0.3) is 0 Å². The molecule has 5 nitrogen and oxygen atoms in total. The van der Waals surface area contributed by atoms with E-state index in [1.807, 2.05) is 38.1 Å². The topological polar surface area (TPSA) is 88.0 Å². The van der Waals surface area contributed by atoms with Crippen LogP contribution in [-0.2, 0) is 16.6 Å². The highest BCUT2D eigenvalue weighted by Crippen LogP contribution is 2.18. The largest absolute Gasteiger partial charge is 0.363 e. The van der Waals surface area contributed by atoms with Crippen LogP contribution in [0.15, 0.2) is 41.4 Å². The average molecular weight is 293 g/mol. The van der Waals surface area contributed by atoms with Gasteiger partial charge < -0.3 is 10.7 Å². The van der Waals surface area contributed by atoms with E-state index in [1.165, 1.54) is 6.20 Å². The molecule has 1 aromatic carbocycles. The van der Waals surface area contributed by atoms with Gasteiger partial charge in [0, 0.05) is 24.5 Å². The molecule has 1 unspecified atom stereocenters. The molecule has 0 saturated heterocycles. The van der Waals surface area contributed by atoms with E-state index >= 15 is 0 Å². The fraction of sp³-hybridized carbons (Fsp3) is 0.286. The molecular formula is C14H19N3O2S. The van der Waals surface area contributed by atoms with Crippen molar-refractivity contribution in [3.63, 3.8) is 0 Å². The highest BCUT2D eigenvalue weighted by atomic mass is 32.2. The van der Waals surface area contributed by atoms with Crippen molar-refractivity contribution >= 4 is 10.0 Å². The monoisotopic (exact) mass is 293 g/mol. The number of aryl methyl sites for hydroxylation is 1. The lowest BCUT2D eigenvalue weighted by Gasteiger charge is -2.14. The van der Waals surface area contributed by atoms with Crippen molar-refractivity contribution < 1.29 is 8.42 Å². The number of aromatic nitrogens is 1. The standard InChI is InChI=1S/C14H19N3O2S/c1-10-3-5-12(6-4-10)11(2)17-20(18,19)14-7-13(8-15)16-9-14/h3-7,9,11,16-17H,8,15H2,1-2H3. The van der Waals surface area contributed by atoms with E-state index in [-0.39, 0.29) is 17.5 Å². The molecule has 0 aliphatic heterocycles. The SMILES string of the molecule is Cc1ccc(C(C)NS(=O)(=O)c2c[nH]c(CN)c2)cc1. The van der Waals surface area contributed by atoms with Gasteiger partial charge >= 0.3 is 0 Å². The summed E-state index contributed by atoms with van der Waals surface area (Å²) in [6.07, 6.45) is 1.45. The minimum Gasteiger partial charge on any atom is -0.363 e. The lowest BCUT2D eigenvalue weighted by atomic mass is 10.1. The maximum absolute atomic E-state index is 12.2. The molecule has 0 aliphatic rings. The Kier molecular flexibility index (Phi) is 4.27. The van der Waals surface area contributed by atoms with E-state index in [0.717, 1.165) is 11.1 Å². The lowest BCUT2D eigenvalue weighted by molar-refractivity contribution is 0.567. The summed E-state index contributed by atoms with van der Waals surface area (Å²) in [5.74, 6) is 0. The Morgan fingerprint density at radius 1 is 1.30 bits per heavy atom. The van der Waals surface area contributed by atoms with Crippen LogP contribution >= 0.6 is 0 Å². The predicted molar refractivity (Wildman–Crippen MR) is 78.6 cm³/mol. The van der Waals surface area contributed by atoms with Gasteiger partial charge in [0.15, 0.2) is 0 Å². The third kappa shape index (κ3) is 3.27. The van der Waals surface area contributed by atoms with Gasteiger partial charge in [-0.25, -0.2) is 13.1 Å². The van der Waals surface area contributed by atoms with Gasteiger partial charge in [0.1, 0.15) is 0 Å². The maximum atomic E-state index is 12.2. The van der Waals surface area contributed by atoms with Gasteiger partial charge in [-0.1, -0.05) is 29.8 Å². The molecule has 1 atom stereocenters. The van der Waals surface area contributed by atoms with Crippen molar-refractivity contribution in [3.05, 3.63) is 53.3 Å². The third-order valence-electron chi connectivity index (χ3n) is 3.16. The Hall–Kier alpha value is -1.63. The Bertz CT molecular complexity index is 675. The maximum Gasteiger partial charge on any atom is 0.242 e. The second-order valence-corrected chi connectivity index (χ2v) is 6.53. The number of hydrogen-bond acceptors (Lipinski definition) is 3. The van der Waals surface area contributed by atoms with Crippen molar-refractivity contribution in [1.82, 2.24) is 9.71 Å². The quantitative estimate of drug-likeness (QED) is 0.785. The summed E-state index contributed by atoms with van der Waals surface area (Å²) in [4.78, 5) is 3.04. The van der Waals surface area contributed by atoms with Crippen molar-refractivity contribution in [2.45, 2.75) is 31.3 Å². The zero-order valence-electron chi connectivity index (χ0n) is 11.6. The Labute approximate surface area is 119 Å². The molecule has 1 aromatic heterocycles. The molecule has 0 spiro atoms. The number of nitrogens with one attached hydrogen (secondary N) is 2. The van der Waals surface area contributed by atoms with Crippen molar-refractivity contribution in [1.29, 1.82) is 0 Å². The van der Waals surface area contributed by atoms with Gasteiger partial charge in [-0.15, -0.1) is 0 Å². The minimum atomic E-state index is -3.54. The molecule has 6 heteroatoms. The van der Waals surface area contributed by atoms with Crippen LogP contribution in [0.1, 0.15) is 29.8 Å². The fourth-order valence-electron chi connectivity index (χ4n) is 1.92. The van der Waals surface area contributed by atoms with Gasteiger partial charge in [0.05, 0.1) is 4.90 Å². The molecule has 0 amide bonds. The summed E-state index contributed by atoms with van der Waals surface area (Å²) in [5.41, 5.74) is 8.22. The Balaban J connectivity index is 2.17. The summed E-state index contributed by atoms with van der Waals surface area (Å²) < 4.78 is 27.1. The third-order valence-corrected chi connectivity index (χ3v) is 4.68. The number of sulfonamides is 1. The summed E-state index contributed by atoms with van der Waals surface area (Å²) in [7, 11) is -3.54. The van der Waals surface area contributed by atoms with Gasteiger partial charge in [0.25, 0.3) is 0 Å². The van der Waals surface area contributed by atoms with Crippen molar-refractivity contribution in [2.75, 3.05) is 0 Å². The normalized spacial score (nSPS) is 13.3. The average Bonchev–Trinajstić information content (AvgIpc) is 2.88. The van der Waals surface area contributed by atoms with Gasteiger partial charge in [-0.05, 0) is 25.5 Å². The van der Waals surface area contributed by atoms with E-state index in [9.17, 15) is 8.42 Å². The first-order valence-electron chi connectivity index (χ1n) is 6.38. The molecule has 0 bridgehead atoms. The zero-order valence-corrected chi connectivity index (χ0v) is 12.4. The van der Waals surface area contributed by atoms with E-state index < -0.39 is 10.0 Å². The second-order valence-electron chi connectivity index (χ2n) is 4.82. The molecule has 2 aromatic rings. The van der Waals surface area contributed by atoms with Gasteiger partial charge in [0.2, 0.25) is 10.0 Å². The van der Waals surface area contributed by atoms with Gasteiger partial charge in [-0.2, -0.15) is 0 Å². The highest BCUT2D eigenvalue weighted by Gasteiger charge is 2.19. The van der Waals surface area contributed by atoms with Crippen LogP contribution < -0.4 is 10.5 Å². The summed E-state index contributed by atoms with van der Waals surface area (Å²) in [5, 5.41) is 0. The molecule has 0 saturated carbocycles. The molecule has 0 fully saturated rings. The second kappa shape index (κ2) is 5.78. The van der Waals surface area contributed by atoms with E-state index in [0.29, 0.717) is 5.69 Å². The van der Waals surface area contributed by atoms with E-state index in [1.54, 1.807) is 6.07 Å². The summed E-state index contributed by atoms with van der Waals surface area (Å²) in [6.45, 7) is 4.09. The van der Waals surface area contributed by atoms with Crippen LogP contribution in [0.4, 0.5) is 0 Å². The van der Waals surface area contributed by atoms with E-state index in [2.05, 4.69) is 9.71 Å². The smallest absolute Gasteiger partial charge is 0.242 e. The molecule has 0 aliphatic carbocycles. The predicted octanol–water partition coefficient (Wildman–Crippen LogP) is 1.82. The molecule has 20 heavy (non-hydrogen) atoms. The number of nitrogens with two attached hydrogens (primary N) is 1. The molecular weight excluding hydrogens is 274 g/mol. The number of aromatic amines is 1. The van der Waals surface area contributed by atoms with Crippen molar-refractivity contribution in [2.24, 2.45) is 5.73 Å². The number of H-pyrrole nitrogens is 1. The lowest BCUT2D eigenvalue weighted by Crippen LogP contribution is -2.26. The van der Waals surface area contributed by atoms with Crippen LogP contribution in [0, 0.1) is 6.92 Å². The van der Waals surface area contributed by atoms with E-state index in [4.69, 9.17) is 5.73 Å². The summed E-state index contributed by atoms with van der Waals surface area (Å²) in [6, 6.07) is 9.02. The Morgan fingerprint density at radius 3 is 2.50 bits per heavy atom. The van der Waals surface area contributed by atoms with Crippen molar-refractivity contribution in [3.8, 4) is 0 Å². The Morgan fingerprint density at radius 2 is 1.95 bits per heavy atom. The molecule has 4 N–H and O–H groups in total. The van der Waals surface area contributed by atoms with Crippen LogP contribution in [0.5, 0.6) is 0 Å². The molecule has 2 rings (SSSR count). The van der Waals surface area contributed by atoms with Crippen LogP contribution in [0.3, 0.4) is 0 Å². The zero-order chi connectivity index (χ0) is 14.8. The van der Waals surface area contributed by atoms with Crippen LogP contribution in [0.2, 0.25) is 0 Å². The number of rotatable bonds is 5.